The van der Waals surface area contributed by atoms with E-state index >= 15 is 0 Å². The summed E-state index contributed by atoms with van der Waals surface area (Å²) in [4.78, 5) is 4.24. The Morgan fingerprint density at radius 3 is 1.94 bits per heavy atom. The van der Waals surface area contributed by atoms with Crippen LogP contribution in [0.5, 0.6) is 0 Å². The molecule has 0 bridgehead atoms. The van der Waals surface area contributed by atoms with Crippen molar-refractivity contribution in [1.29, 1.82) is 0 Å². The van der Waals surface area contributed by atoms with Crippen LogP contribution in [0.15, 0.2) is 36.5 Å². The van der Waals surface area contributed by atoms with E-state index in [1.54, 1.807) is 0 Å². The molecule has 2 aromatic rings. The summed E-state index contributed by atoms with van der Waals surface area (Å²) in [6, 6.07) is 10.2. The number of hydrogen-bond donors (Lipinski definition) is 0. The van der Waals surface area contributed by atoms with E-state index in [1.165, 1.54) is 17.4 Å². The third-order valence-electron chi connectivity index (χ3n) is 1.86. The summed E-state index contributed by atoms with van der Waals surface area (Å²) in [7, 11) is 0. The van der Waals surface area contributed by atoms with Gasteiger partial charge in [-0.3, -0.25) is 4.98 Å². The van der Waals surface area contributed by atoms with E-state index in [4.69, 9.17) is 0 Å². The molecule has 0 saturated carbocycles. The van der Waals surface area contributed by atoms with Crippen LogP contribution >= 0.6 is 0 Å². The maximum Gasteiger partial charge on any atom is 0.0704 e. The highest BCUT2D eigenvalue weighted by molar-refractivity contribution is 5.81. The van der Waals surface area contributed by atoms with Crippen molar-refractivity contribution >= 4 is 10.9 Å². The molecule has 1 heterocycles. The molecule has 0 spiro atoms. The molecule has 0 saturated heterocycles. The monoisotopic (exact) mass is 247 g/mol. The number of aryl methyl sites for hydroxylation is 1. The van der Waals surface area contributed by atoms with E-state index in [-0.39, 0.29) is 0 Å². The van der Waals surface area contributed by atoms with E-state index in [0.717, 1.165) is 5.52 Å². The van der Waals surface area contributed by atoms with Gasteiger partial charge in [-0.25, -0.2) is 0 Å². The number of benzene rings is 1. The first-order valence-corrected chi connectivity index (χ1v) is 7.10. The van der Waals surface area contributed by atoms with Gasteiger partial charge in [-0.1, -0.05) is 66.2 Å². The molecule has 0 aliphatic carbocycles. The lowest BCUT2D eigenvalue weighted by Crippen LogP contribution is -1.79. The molecule has 0 amide bonds. The summed E-state index contributed by atoms with van der Waals surface area (Å²) in [6.07, 6.45) is 3.07. The quantitative estimate of drug-likeness (QED) is 0.555. The van der Waals surface area contributed by atoms with Crippen LogP contribution in [0, 0.1) is 6.92 Å². The van der Waals surface area contributed by atoms with Crippen LogP contribution in [0.1, 0.15) is 53.5 Å². The molecular formula is C17H29N. The Bertz CT molecular complexity index is 388. The fourth-order valence-corrected chi connectivity index (χ4v) is 1.26. The second-order valence-electron chi connectivity index (χ2n) is 3.35. The Morgan fingerprint density at radius 1 is 0.889 bits per heavy atom. The van der Waals surface area contributed by atoms with Crippen molar-refractivity contribution in [2.75, 3.05) is 0 Å². The smallest absolute Gasteiger partial charge is 0.0704 e. The van der Waals surface area contributed by atoms with Gasteiger partial charge < -0.3 is 0 Å². The third kappa shape index (κ3) is 7.05. The second kappa shape index (κ2) is 13.7. The van der Waals surface area contributed by atoms with Gasteiger partial charge in [0.2, 0.25) is 0 Å². The molecule has 1 aromatic heterocycles. The lowest BCUT2D eigenvalue weighted by molar-refractivity contribution is 1.09. The Hall–Kier alpha value is -1.37. The molecule has 1 heteroatoms. The number of rotatable bonds is 0. The van der Waals surface area contributed by atoms with Gasteiger partial charge in [0.25, 0.3) is 0 Å². The first kappa shape index (κ1) is 19.0. The molecular weight excluding hydrogens is 218 g/mol. The van der Waals surface area contributed by atoms with Crippen LogP contribution in [-0.2, 0) is 0 Å². The Labute approximate surface area is 113 Å². The van der Waals surface area contributed by atoms with Crippen LogP contribution in [-0.4, -0.2) is 4.98 Å². The van der Waals surface area contributed by atoms with E-state index in [0.29, 0.717) is 0 Å². The largest absolute Gasteiger partial charge is 0.256 e. The van der Waals surface area contributed by atoms with Crippen LogP contribution in [0.25, 0.3) is 10.9 Å². The van der Waals surface area contributed by atoms with E-state index in [9.17, 15) is 0 Å². The van der Waals surface area contributed by atoms with Gasteiger partial charge in [0.1, 0.15) is 0 Å². The normalized spacial score (nSPS) is 7.94. The van der Waals surface area contributed by atoms with Gasteiger partial charge in [-0.05, 0) is 24.6 Å². The summed E-state index contributed by atoms with van der Waals surface area (Å²) >= 11 is 0. The van der Waals surface area contributed by atoms with Crippen LogP contribution < -0.4 is 0 Å². The van der Waals surface area contributed by atoms with Crippen molar-refractivity contribution in [3.8, 4) is 0 Å². The number of hydrogen-bond acceptors (Lipinski definition) is 1. The first-order valence-electron chi connectivity index (χ1n) is 7.10. The van der Waals surface area contributed by atoms with Crippen molar-refractivity contribution in [2.45, 2.75) is 54.9 Å². The van der Waals surface area contributed by atoms with Gasteiger partial charge in [0.15, 0.2) is 0 Å². The molecule has 18 heavy (non-hydrogen) atoms. The zero-order chi connectivity index (χ0) is 14.4. The summed E-state index contributed by atoms with van der Waals surface area (Å²) in [5.74, 6) is 0. The molecule has 0 unspecified atom stereocenters. The summed E-state index contributed by atoms with van der Waals surface area (Å²) in [6.45, 7) is 14.4. The zero-order valence-corrected chi connectivity index (χ0v) is 13.1. The third-order valence-corrected chi connectivity index (χ3v) is 1.86. The minimum atomic E-state index is 1.08. The van der Waals surface area contributed by atoms with Gasteiger partial charge in [-0.2, -0.15) is 0 Å². The SMILES string of the molecule is CC.CC.CCC.Cc1cccc2ncccc12. The molecule has 0 N–H and O–H groups in total. The van der Waals surface area contributed by atoms with E-state index in [2.05, 4.69) is 37.9 Å². The topological polar surface area (TPSA) is 12.9 Å². The maximum absolute atomic E-state index is 4.24. The highest BCUT2D eigenvalue weighted by atomic mass is 14.6. The fraction of sp³-hybridized carbons (Fsp3) is 0.471. The average Bonchev–Trinajstić information content (AvgIpc) is 2.45. The summed E-state index contributed by atoms with van der Waals surface area (Å²) < 4.78 is 0. The van der Waals surface area contributed by atoms with E-state index < -0.39 is 0 Å². The van der Waals surface area contributed by atoms with Gasteiger partial charge in [0.05, 0.1) is 5.52 Å². The Kier molecular flexibility index (Phi) is 14.4. The fourth-order valence-electron chi connectivity index (χ4n) is 1.26. The zero-order valence-electron chi connectivity index (χ0n) is 13.1. The lowest BCUT2D eigenvalue weighted by atomic mass is 10.1. The summed E-state index contributed by atoms with van der Waals surface area (Å²) in [5.41, 5.74) is 2.36. The summed E-state index contributed by atoms with van der Waals surface area (Å²) in [5, 5.41) is 1.25. The van der Waals surface area contributed by atoms with Crippen molar-refractivity contribution in [3.05, 3.63) is 42.1 Å². The molecule has 0 aliphatic heterocycles. The van der Waals surface area contributed by atoms with Crippen LogP contribution in [0.3, 0.4) is 0 Å². The molecule has 2 rings (SSSR count). The minimum Gasteiger partial charge on any atom is -0.256 e. The Balaban J connectivity index is 0. The molecule has 0 atom stereocenters. The van der Waals surface area contributed by atoms with Gasteiger partial charge in [-0.15, -0.1) is 0 Å². The predicted molar refractivity (Wildman–Crippen MR) is 85.1 cm³/mol. The highest BCUT2D eigenvalue weighted by Gasteiger charge is 1.93. The minimum absolute atomic E-state index is 1.08. The number of nitrogens with zero attached hydrogens (tertiary/aromatic N) is 1. The maximum atomic E-state index is 4.24. The van der Waals surface area contributed by atoms with Crippen molar-refractivity contribution in [2.24, 2.45) is 0 Å². The first-order chi connectivity index (χ1) is 8.79. The molecule has 0 fully saturated rings. The van der Waals surface area contributed by atoms with Crippen molar-refractivity contribution in [1.82, 2.24) is 4.98 Å². The standard InChI is InChI=1S/C10H9N.C3H8.2C2H6/c1-8-4-2-6-10-9(8)5-3-7-11-10;1-3-2;2*1-2/h2-7H,1H3;3H2,1-2H3;2*1-2H3. The van der Waals surface area contributed by atoms with Crippen molar-refractivity contribution < 1.29 is 0 Å². The number of aromatic nitrogens is 1. The molecule has 1 aromatic carbocycles. The molecule has 0 radical (unpaired) electrons. The number of fused-ring (bicyclic) bond motifs is 1. The number of pyridine rings is 1. The van der Waals surface area contributed by atoms with E-state index in [1.807, 2.05) is 52.1 Å². The second-order valence-corrected chi connectivity index (χ2v) is 3.35. The average molecular weight is 247 g/mol. The lowest BCUT2D eigenvalue weighted by Gasteiger charge is -1.97. The predicted octanol–water partition coefficient (Wildman–Crippen LogP) is 6.01. The van der Waals surface area contributed by atoms with Crippen molar-refractivity contribution in [3.63, 3.8) is 0 Å². The molecule has 102 valence electrons. The highest BCUT2D eigenvalue weighted by Crippen LogP contribution is 2.14. The van der Waals surface area contributed by atoms with Gasteiger partial charge in [0, 0.05) is 11.6 Å². The van der Waals surface area contributed by atoms with Crippen LogP contribution in [0.2, 0.25) is 0 Å². The molecule has 1 nitrogen and oxygen atoms in total. The van der Waals surface area contributed by atoms with Crippen LogP contribution in [0.4, 0.5) is 0 Å². The van der Waals surface area contributed by atoms with Gasteiger partial charge >= 0.3 is 0 Å². The Morgan fingerprint density at radius 2 is 1.44 bits per heavy atom. The molecule has 0 aliphatic rings.